The lowest BCUT2D eigenvalue weighted by atomic mass is 9.67. The molecule has 0 saturated carbocycles. The summed E-state index contributed by atoms with van der Waals surface area (Å²) in [4.78, 5) is 4.80. The number of nitrogens with one attached hydrogen (secondary N) is 1. The highest BCUT2D eigenvalue weighted by molar-refractivity contribution is 6.18. The van der Waals surface area contributed by atoms with E-state index in [2.05, 4.69) is 182 Å². The lowest BCUT2D eigenvalue weighted by Crippen LogP contribution is -2.28. The van der Waals surface area contributed by atoms with Gasteiger partial charge in [0.1, 0.15) is 0 Å². The van der Waals surface area contributed by atoms with Crippen LogP contribution >= 0.6 is 0 Å². The maximum Gasteiger partial charge on any atom is 0.152 e. The van der Waals surface area contributed by atoms with Gasteiger partial charge >= 0.3 is 0 Å². The molecule has 0 amide bonds. The third-order valence-electron chi connectivity index (χ3n) is 12.7. The smallest absolute Gasteiger partial charge is 0.152 e. The van der Waals surface area contributed by atoms with E-state index in [1.807, 2.05) is 66.7 Å². The average molecular weight is 803 g/mol. The lowest BCUT2D eigenvalue weighted by Gasteiger charge is -2.34. The first kappa shape index (κ1) is 37.8. The van der Waals surface area contributed by atoms with Gasteiger partial charge in [-0.05, 0) is 94.9 Å². The Balaban J connectivity index is 0.976. The first-order chi connectivity index (χ1) is 31.2. The third-order valence-corrected chi connectivity index (χ3v) is 12.7. The van der Waals surface area contributed by atoms with Gasteiger partial charge in [-0.25, -0.2) is 4.99 Å². The van der Waals surface area contributed by atoms with E-state index >= 15 is 0 Å². The number of rotatable bonds is 8. The Morgan fingerprint density at radius 3 is 1.63 bits per heavy atom. The second kappa shape index (κ2) is 16.0. The van der Waals surface area contributed by atoms with Gasteiger partial charge < -0.3 is 0 Å². The Kier molecular flexibility index (Phi) is 9.60. The van der Waals surface area contributed by atoms with Crippen molar-refractivity contribution in [3.05, 3.63) is 282 Å². The van der Waals surface area contributed by atoms with Crippen molar-refractivity contribution in [2.45, 2.75) is 5.41 Å². The molecule has 0 spiro atoms. The van der Waals surface area contributed by atoms with Gasteiger partial charge in [0.25, 0.3) is 0 Å². The van der Waals surface area contributed by atoms with Crippen LogP contribution in [-0.2, 0) is 5.41 Å². The summed E-state index contributed by atoms with van der Waals surface area (Å²) in [6, 6.07) is 84.5. The Morgan fingerprint density at radius 1 is 0.413 bits per heavy atom. The SMILES string of the molecule is N=C(N=C(/C=C/c1ccc(-c2ccc(-c3ccc4c(c3)-c3c(ccc5ccccc35)C4(c3ccccc3)c3ccccc3)cc2)c2ccccc12)c1ccccc1)c1ccccc1. The molecule has 0 fully saturated rings. The average Bonchev–Trinajstić information content (AvgIpc) is 3.67. The topological polar surface area (TPSA) is 36.2 Å². The van der Waals surface area contributed by atoms with E-state index < -0.39 is 5.41 Å². The maximum absolute atomic E-state index is 8.77. The molecule has 0 atom stereocenters. The Labute approximate surface area is 368 Å². The monoisotopic (exact) mass is 802 g/mol. The first-order valence-corrected chi connectivity index (χ1v) is 21.5. The van der Waals surface area contributed by atoms with Crippen LogP contribution in [-0.4, -0.2) is 11.5 Å². The molecule has 10 aromatic carbocycles. The molecule has 0 unspecified atom stereocenters. The van der Waals surface area contributed by atoms with Gasteiger partial charge in [-0.2, -0.15) is 0 Å². The quantitative estimate of drug-likeness (QED) is 0.117. The standard InChI is InChI=1S/C61H42N2/c62-60(47-20-7-2-8-21-47)63-58(46-18-5-1-6-19-46)40-36-45-33-37-52(54-28-16-15-26-51(45)54)44-31-29-42(30-32-44)48-35-38-56-55(41-48)59-53-27-14-13-17-43(53)34-39-57(59)61(56,49-22-9-3-10-23-49)50-24-11-4-12-25-50/h1-41,62H/b40-36+,62-60?,63-58?. The molecular weight excluding hydrogens is 761 g/mol. The molecule has 1 aliphatic rings. The molecule has 0 saturated heterocycles. The first-order valence-electron chi connectivity index (χ1n) is 21.5. The van der Waals surface area contributed by atoms with Crippen LogP contribution in [0.4, 0.5) is 0 Å². The van der Waals surface area contributed by atoms with Gasteiger partial charge in [-0.1, -0.05) is 237 Å². The largest absolute Gasteiger partial charge is 0.282 e. The Hall–Kier alpha value is -8.20. The molecule has 0 aliphatic heterocycles. The predicted octanol–water partition coefficient (Wildman–Crippen LogP) is 15.2. The molecule has 2 heteroatoms. The zero-order valence-electron chi connectivity index (χ0n) is 34.6. The minimum absolute atomic E-state index is 0.230. The second-order valence-corrected chi connectivity index (χ2v) is 16.2. The van der Waals surface area contributed by atoms with Crippen LogP contribution in [0.25, 0.3) is 61.0 Å². The van der Waals surface area contributed by atoms with Crippen molar-refractivity contribution in [3.63, 3.8) is 0 Å². The highest BCUT2D eigenvalue weighted by Gasteiger charge is 2.46. The minimum Gasteiger partial charge on any atom is -0.282 e. The molecule has 10 aromatic rings. The molecule has 0 bridgehead atoms. The fraction of sp³-hybridized carbons (Fsp3) is 0.0164. The molecule has 63 heavy (non-hydrogen) atoms. The summed E-state index contributed by atoms with van der Waals surface area (Å²) >= 11 is 0. The number of hydrogen-bond acceptors (Lipinski definition) is 1. The van der Waals surface area contributed by atoms with E-state index in [0.29, 0.717) is 0 Å². The summed E-state index contributed by atoms with van der Waals surface area (Å²) in [6.45, 7) is 0. The fourth-order valence-corrected chi connectivity index (χ4v) is 9.76. The van der Waals surface area contributed by atoms with Gasteiger partial charge in [0.05, 0.1) is 11.1 Å². The molecule has 11 rings (SSSR count). The molecular formula is C61H42N2. The van der Waals surface area contributed by atoms with Crippen molar-refractivity contribution >= 4 is 39.2 Å². The van der Waals surface area contributed by atoms with Gasteiger partial charge in [0.15, 0.2) is 5.84 Å². The number of benzene rings is 10. The number of nitrogens with zero attached hydrogens (tertiary/aromatic N) is 1. The van der Waals surface area contributed by atoms with Crippen molar-refractivity contribution in [1.82, 2.24) is 0 Å². The molecule has 1 aliphatic carbocycles. The normalized spacial score (nSPS) is 13.0. The van der Waals surface area contributed by atoms with E-state index in [9.17, 15) is 0 Å². The van der Waals surface area contributed by atoms with Gasteiger partial charge in [-0.3, -0.25) is 5.41 Å². The van der Waals surface area contributed by atoms with Crippen LogP contribution in [0.15, 0.2) is 248 Å². The number of fused-ring (bicyclic) bond motifs is 6. The van der Waals surface area contributed by atoms with Crippen LogP contribution in [0, 0.1) is 5.41 Å². The molecule has 0 radical (unpaired) electrons. The van der Waals surface area contributed by atoms with Crippen molar-refractivity contribution in [3.8, 4) is 33.4 Å². The van der Waals surface area contributed by atoms with E-state index in [-0.39, 0.29) is 5.84 Å². The highest BCUT2D eigenvalue weighted by atomic mass is 14.8. The number of hydrogen-bond donors (Lipinski definition) is 1. The number of amidine groups is 1. The zero-order chi connectivity index (χ0) is 42.2. The van der Waals surface area contributed by atoms with E-state index in [4.69, 9.17) is 10.4 Å². The predicted molar refractivity (Wildman–Crippen MR) is 265 cm³/mol. The van der Waals surface area contributed by atoms with Gasteiger partial charge in [-0.15, -0.1) is 0 Å². The highest BCUT2D eigenvalue weighted by Crippen LogP contribution is 2.58. The summed E-state index contributed by atoms with van der Waals surface area (Å²) in [5, 5.41) is 13.6. The van der Waals surface area contributed by atoms with E-state index in [1.54, 1.807) is 0 Å². The van der Waals surface area contributed by atoms with Gasteiger partial charge in [0, 0.05) is 11.1 Å². The fourth-order valence-electron chi connectivity index (χ4n) is 9.76. The zero-order valence-corrected chi connectivity index (χ0v) is 34.6. The minimum atomic E-state index is -0.455. The van der Waals surface area contributed by atoms with E-state index in [0.717, 1.165) is 33.4 Å². The van der Waals surface area contributed by atoms with Crippen molar-refractivity contribution < 1.29 is 0 Å². The van der Waals surface area contributed by atoms with E-state index in [1.165, 1.54) is 66.2 Å². The summed E-state index contributed by atoms with van der Waals surface area (Å²) < 4.78 is 0. The van der Waals surface area contributed by atoms with Crippen molar-refractivity contribution in [2.75, 3.05) is 0 Å². The van der Waals surface area contributed by atoms with Crippen LogP contribution < -0.4 is 0 Å². The maximum atomic E-state index is 8.77. The molecule has 1 N–H and O–H groups in total. The summed E-state index contributed by atoms with van der Waals surface area (Å²) in [5.41, 5.74) is 15.6. The van der Waals surface area contributed by atoms with Crippen LogP contribution in [0.2, 0.25) is 0 Å². The molecule has 2 nitrogen and oxygen atoms in total. The molecule has 296 valence electrons. The number of aliphatic imine (C=N–C) groups is 1. The summed E-state index contributed by atoms with van der Waals surface area (Å²) in [7, 11) is 0. The van der Waals surface area contributed by atoms with Crippen molar-refractivity contribution in [2.24, 2.45) is 4.99 Å². The third kappa shape index (κ3) is 6.61. The van der Waals surface area contributed by atoms with Crippen LogP contribution in [0.1, 0.15) is 38.9 Å². The Morgan fingerprint density at radius 2 is 0.952 bits per heavy atom. The number of allylic oxidation sites excluding steroid dienone is 1. The second-order valence-electron chi connectivity index (χ2n) is 16.2. The van der Waals surface area contributed by atoms with Crippen molar-refractivity contribution in [1.29, 1.82) is 5.41 Å². The lowest BCUT2D eigenvalue weighted by molar-refractivity contribution is 0.769. The molecule has 0 heterocycles. The Bertz CT molecular complexity index is 3330. The summed E-state index contributed by atoms with van der Waals surface area (Å²) in [5.74, 6) is 0.230. The summed E-state index contributed by atoms with van der Waals surface area (Å²) in [6.07, 6.45) is 4.16. The van der Waals surface area contributed by atoms with Crippen LogP contribution in [0.5, 0.6) is 0 Å². The van der Waals surface area contributed by atoms with Crippen LogP contribution in [0.3, 0.4) is 0 Å². The molecule has 0 aromatic heterocycles. The van der Waals surface area contributed by atoms with Gasteiger partial charge in [0.2, 0.25) is 0 Å².